The number of benzene rings is 2. The van der Waals surface area contributed by atoms with Crippen LogP contribution >= 0.6 is 0 Å². The Hall–Kier alpha value is -3.78. The summed E-state index contributed by atoms with van der Waals surface area (Å²) in [5.74, 6) is -0.448. The van der Waals surface area contributed by atoms with Gasteiger partial charge in [-0.05, 0) is 85.9 Å². The first-order chi connectivity index (χ1) is 19.9. The van der Waals surface area contributed by atoms with E-state index in [2.05, 4.69) is 29.2 Å². The first kappa shape index (κ1) is 30.2. The fraction of sp³-hybridized carbons (Fsp3) is 0.394. The summed E-state index contributed by atoms with van der Waals surface area (Å²) in [6.07, 6.45) is 10.3. The van der Waals surface area contributed by atoms with E-state index in [1.54, 1.807) is 31.0 Å². The number of hydrogen-bond acceptors (Lipinski definition) is 3. The van der Waals surface area contributed by atoms with Gasteiger partial charge in [-0.2, -0.15) is 0 Å². The second-order valence-electron chi connectivity index (χ2n) is 10.5. The van der Waals surface area contributed by atoms with Gasteiger partial charge in [-0.25, -0.2) is 8.78 Å². The quantitative estimate of drug-likeness (QED) is 0.232. The Bertz CT molecular complexity index is 1470. The molecule has 4 aromatic rings. The zero-order valence-electron chi connectivity index (χ0n) is 23.9. The highest BCUT2D eigenvalue weighted by Gasteiger charge is 2.16. The van der Waals surface area contributed by atoms with Gasteiger partial charge in [0.2, 0.25) is 11.5 Å². The van der Waals surface area contributed by atoms with Crippen LogP contribution in [-0.4, -0.2) is 47.2 Å². The molecule has 1 aliphatic heterocycles. The Morgan fingerprint density at radius 3 is 2.32 bits per heavy atom. The monoisotopic (exact) mass is 563 g/mol. The highest BCUT2D eigenvalue weighted by Crippen LogP contribution is 2.26. The van der Waals surface area contributed by atoms with E-state index in [4.69, 9.17) is 4.74 Å². The number of rotatable bonds is 9. The van der Waals surface area contributed by atoms with Crippen molar-refractivity contribution in [2.75, 3.05) is 26.8 Å². The number of methoxy groups -OCH3 is 1. The van der Waals surface area contributed by atoms with Crippen molar-refractivity contribution in [1.82, 2.24) is 14.5 Å². The molecule has 8 heteroatoms. The van der Waals surface area contributed by atoms with Crippen LogP contribution in [-0.2, 0) is 22.5 Å². The number of ether oxygens (including phenoxy) is 1. The van der Waals surface area contributed by atoms with Gasteiger partial charge >= 0.3 is 0 Å². The molecule has 5 rings (SSSR count). The van der Waals surface area contributed by atoms with Gasteiger partial charge in [-0.3, -0.25) is 9.59 Å². The van der Waals surface area contributed by atoms with Gasteiger partial charge in [0.25, 0.3) is 0 Å². The van der Waals surface area contributed by atoms with Crippen LogP contribution in [0.1, 0.15) is 49.7 Å². The zero-order valence-corrected chi connectivity index (χ0v) is 23.9. The van der Waals surface area contributed by atoms with E-state index in [-0.39, 0.29) is 17.2 Å². The van der Waals surface area contributed by atoms with E-state index in [1.807, 2.05) is 11.0 Å². The Labute approximate surface area is 240 Å². The number of halogens is 2. The van der Waals surface area contributed by atoms with E-state index < -0.39 is 0 Å². The third-order valence-electron chi connectivity index (χ3n) is 7.49. The molecule has 2 aromatic heterocycles. The van der Waals surface area contributed by atoms with Gasteiger partial charge in [0.05, 0.1) is 5.52 Å². The Kier molecular flexibility index (Phi) is 10.8. The SMILES string of the molecule is COCCCn1cc(C)c2c(F)ccc(F)c21.O=C(CCCc1ccc(-c2ccc(=O)[nH]c2)cc1)N1CCCCC1. The van der Waals surface area contributed by atoms with Gasteiger partial charge in [-0.1, -0.05) is 24.3 Å². The van der Waals surface area contributed by atoms with Crippen molar-refractivity contribution in [1.29, 1.82) is 0 Å². The van der Waals surface area contributed by atoms with Crippen molar-refractivity contribution in [3.8, 4) is 11.1 Å². The summed E-state index contributed by atoms with van der Waals surface area (Å²) in [6, 6.07) is 14.0. The maximum atomic E-state index is 13.7. The lowest BCUT2D eigenvalue weighted by Crippen LogP contribution is -2.35. The van der Waals surface area contributed by atoms with Crippen LogP contribution < -0.4 is 5.56 Å². The fourth-order valence-corrected chi connectivity index (χ4v) is 5.31. The lowest BCUT2D eigenvalue weighted by Gasteiger charge is -2.26. The van der Waals surface area contributed by atoms with Crippen molar-refractivity contribution >= 4 is 16.8 Å². The lowest BCUT2D eigenvalue weighted by atomic mass is 10.0. The molecular weight excluding hydrogens is 524 g/mol. The standard InChI is InChI=1S/C20H24N2O2.C13H15F2NO/c23-19-12-11-18(15-21-19)17-9-7-16(8-10-17)5-4-6-20(24)22-13-2-1-3-14-22;1-9-8-16(6-3-7-17-2)13-11(15)5-4-10(14)12(9)13/h7-12,15H,1-6,13-14H2,(H,21,23);4-5,8H,3,6-7H2,1-2H3. The summed E-state index contributed by atoms with van der Waals surface area (Å²) in [4.78, 5) is 28.0. The minimum Gasteiger partial charge on any atom is -0.385 e. The number of carbonyl (C=O) groups excluding carboxylic acids is 1. The number of fused-ring (bicyclic) bond motifs is 1. The normalized spacial score (nSPS) is 13.2. The van der Waals surface area contributed by atoms with E-state index >= 15 is 0 Å². The number of aryl methyl sites for hydroxylation is 3. The average molecular weight is 564 g/mol. The highest BCUT2D eigenvalue weighted by atomic mass is 19.1. The largest absolute Gasteiger partial charge is 0.385 e. The van der Waals surface area contributed by atoms with Crippen molar-refractivity contribution in [2.45, 2.75) is 58.4 Å². The molecule has 0 spiro atoms. The lowest BCUT2D eigenvalue weighted by molar-refractivity contribution is -0.132. The van der Waals surface area contributed by atoms with Crippen molar-refractivity contribution in [2.24, 2.45) is 0 Å². The smallest absolute Gasteiger partial charge is 0.247 e. The fourth-order valence-electron chi connectivity index (χ4n) is 5.31. The molecule has 1 saturated heterocycles. The van der Waals surface area contributed by atoms with Gasteiger partial charge in [0.15, 0.2) is 0 Å². The van der Waals surface area contributed by atoms with Gasteiger partial charge in [-0.15, -0.1) is 0 Å². The third-order valence-corrected chi connectivity index (χ3v) is 7.49. The molecule has 1 aliphatic rings. The second kappa shape index (κ2) is 14.7. The number of nitrogens with zero attached hydrogens (tertiary/aromatic N) is 2. The predicted octanol–water partition coefficient (Wildman–Crippen LogP) is 6.64. The van der Waals surface area contributed by atoms with Crippen LogP contribution in [0.25, 0.3) is 22.0 Å². The van der Waals surface area contributed by atoms with Crippen molar-refractivity contribution < 1.29 is 18.3 Å². The molecule has 0 aliphatic carbocycles. The van der Waals surface area contributed by atoms with E-state index in [1.165, 1.54) is 30.2 Å². The molecule has 0 atom stereocenters. The summed E-state index contributed by atoms with van der Waals surface area (Å²) in [6.45, 7) is 4.89. The van der Waals surface area contributed by atoms with Crippen LogP contribution in [0.4, 0.5) is 8.78 Å². The number of nitrogens with one attached hydrogen (secondary N) is 1. The molecular formula is C33H39F2N3O3. The predicted molar refractivity (Wildman–Crippen MR) is 159 cm³/mol. The maximum absolute atomic E-state index is 13.7. The molecule has 1 N–H and O–H groups in total. The van der Waals surface area contributed by atoms with Gasteiger partial charge in [0.1, 0.15) is 11.6 Å². The number of piperidine rings is 1. The molecule has 218 valence electrons. The first-order valence-electron chi connectivity index (χ1n) is 14.4. The van der Waals surface area contributed by atoms with E-state index in [0.717, 1.165) is 61.9 Å². The molecule has 1 amide bonds. The highest BCUT2D eigenvalue weighted by molar-refractivity contribution is 5.85. The average Bonchev–Trinajstić information content (AvgIpc) is 3.33. The number of likely N-dealkylation sites (tertiary alicyclic amines) is 1. The summed E-state index contributed by atoms with van der Waals surface area (Å²) < 4.78 is 34.1. The van der Waals surface area contributed by atoms with Crippen LogP contribution in [0.15, 0.2) is 65.7 Å². The molecule has 2 aromatic carbocycles. The van der Waals surface area contributed by atoms with Crippen LogP contribution in [0.5, 0.6) is 0 Å². The number of hydrogen-bond donors (Lipinski definition) is 1. The van der Waals surface area contributed by atoms with Crippen LogP contribution in [0.2, 0.25) is 0 Å². The Morgan fingerprint density at radius 2 is 1.63 bits per heavy atom. The maximum Gasteiger partial charge on any atom is 0.247 e. The Morgan fingerprint density at radius 1 is 0.927 bits per heavy atom. The first-order valence-corrected chi connectivity index (χ1v) is 14.4. The molecule has 1 fully saturated rings. The number of H-pyrrole nitrogens is 1. The topological polar surface area (TPSA) is 67.3 Å². The minimum absolute atomic E-state index is 0.0891. The summed E-state index contributed by atoms with van der Waals surface area (Å²) in [5.41, 5.74) is 4.34. The van der Waals surface area contributed by atoms with Crippen molar-refractivity contribution in [3.05, 3.63) is 94.0 Å². The number of aromatic nitrogens is 2. The molecule has 0 unspecified atom stereocenters. The second-order valence-corrected chi connectivity index (χ2v) is 10.5. The van der Waals surface area contributed by atoms with Gasteiger partial charge in [0, 0.05) is 63.6 Å². The number of amides is 1. The van der Waals surface area contributed by atoms with Gasteiger partial charge < -0.3 is 19.2 Å². The van der Waals surface area contributed by atoms with E-state index in [9.17, 15) is 18.4 Å². The summed E-state index contributed by atoms with van der Waals surface area (Å²) in [7, 11) is 1.62. The Balaban J connectivity index is 0.000000201. The van der Waals surface area contributed by atoms with Crippen LogP contribution in [0, 0.1) is 18.6 Å². The number of aromatic amines is 1. The number of carbonyl (C=O) groups is 1. The summed E-state index contributed by atoms with van der Waals surface area (Å²) in [5, 5.41) is 0.377. The van der Waals surface area contributed by atoms with E-state index in [0.29, 0.717) is 36.4 Å². The molecule has 6 nitrogen and oxygen atoms in total. The third kappa shape index (κ3) is 8.13. The van der Waals surface area contributed by atoms with Crippen LogP contribution in [0.3, 0.4) is 0 Å². The molecule has 3 heterocycles. The summed E-state index contributed by atoms with van der Waals surface area (Å²) >= 11 is 0. The molecule has 41 heavy (non-hydrogen) atoms. The molecule has 0 bridgehead atoms. The zero-order chi connectivity index (χ0) is 29.2. The molecule has 0 radical (unpaired) electrons. The minimum atomic E-state index is -0.382. The molecule has 0 saturated carbocycles. The van der Waals surface area contributed by atoms with Crippen molar-refractivity contribution in [3.63, 3.8) is 0 Å². The number of pyridine rings is 1.